The van der Waals surface area contributed by atoms with Crippen LogP contribution in [0.1, 0.15) is 24.7 Å². The summed E-state index contributed by atoms with van der Waals surface area (Å²) < 4.78 is 16.2. The SMILES string of the molecule is CCn1nc(C)c(Br)c1CC(F)CCN. The first-order chi connectivity index (χ1) is 7.10. The fourth-order valence-electron chi connectivity index (χ4n) is 1.56. The van der Waals surface area contributed by atoms with Crippen molar-refractivity contribution in [2.45, 2.75) is 39.4 Å². The topological polar surface area (TPSA) is 43.8 Å². The minimum Gasteiger partial charge on any atom is -0.330 e. The van der Waals surface area contributed by atoms with Crippen molar-refractivity contribution in [3.8, 4) is 0 Å². The fraction of sp³-hybridized carbons (Fsp3) is 0.700. The van der Waals surface area contributed by atoms with Crippen LogP contribution in [0.2, 0.25) is 0 Å². The quantitative estimate of drug-likeness (QED) is 0.897. The molecular formula is C10H17BrFN3. The van der Waals surface area contributed by atoms with E-state index in [9.17, 15) is 4.39 Å². The van der Waals surface area contributed by atoms with Gasteiger partial charge in [-0.2, -0.15) is 5.10 Å². The first kappa shape index (κ1) is 12.6. The Balaban J connectivity index is 2.82. The smallest absolute Gasteiger partial charge is 0.107 e. The second kappa shape index (κ2) is 5.61. The van der Waals surface area contributed by atoms with Crippen molar-refractivity contribution >= 4 is 15.9 Å². The number of aryl methyl sites for hydroxylation is 2. The van der Waals surface area contributed by atoms with Crippen molar-refractivity contribution in [3.05, 3.63) is 15.9 Å². The normalized spacial score (nSPS) is 13.1. The maximum Gasteiger partial charge on any atom is 0.107 e. The Bertz CT molecular complexity index is 325. The highest BCUT2D eigenvalue weighted by Gasteiger charge is 2.16. The molecule has 1 aromatic rings. The minimum absolute atomic E-state index is 0.381. The van der Waals surface area contributed by atoms with Crippen molar-refractivity contribution in [3.63, 3.8) is 0 Å². The van der Waals surface area contributed by atoms with Crippen LogP contribution in [0, 0.1) is 6.92 Å². The molecule has 86 valence electrons. The lowest BCUT2D eigenvalue weighted by Gasteiger charge is -2.08. The molecule has 0 aromatic carbocycles. The Morgan fingerprint density at radius 1 is 1.60 bits per heavy atom. The molecule has 0 amide bonds. The van der Waals surface area contributed by atoms with E-state index in [1.165, 1.54) is 0 Å². The van der Waals surface area contributed by atoms with Gasteiger partial charge < -0.3 is 5.73 Å². The molecule has 1 aromatic heterocycles. The first-order valence-electron chi connectivity index (χ1n) is 5.16. The number of nitrogens with two attached hydrogens (primary N) is 1. The van der Waals surface area contributed by atoms with E-state index in [2.05, 4.69) is 21.0 Å². The predicted octanol–water partition coefficient (Wildman–Crippen LogP) is 2.20. The molecule has 0 bridgehead atoms. The number of hydrogen-bond donors (Lipinski definition) is 1. The molecule has 0 radical (unpaired) electrons. The monoisotopic (exact) mass is 277 g/mol. The molecule has 0 saturated carbocycles. The van der Waals surface area contributed by atoms with E-state index < -0.39 is 6.17 Å². The Hall–Kier alpha value is -0.420. The zero-order valence-electron chi connectivity index (χ0n) is 9.13. The predicted molar refractivity (Wildman–Crippen MR) is 62.6 cm³/mol. The van der Waals surface area contributed by atoms with Gasteiger partial charge in [0.05, 0.1) is 15.9 Å². The van der Waals surface area contributed by atoms with Crippen molar-refractivity contribution in [1.29, 1.82) is 0 Å². The highest BCUT2D eigenvalue weighted by molar-refractivity contribution is 9.10. The Morgan fingerprint density at radius 2 is 2.27 bits per heavy atom. The van der Waals surface area contributed by atoms with Gasteiger partial charge in [0.1, 0.15) is 6.17 Å². The molecule has 1 atom stereocenters. The number of hydrogen-bond acceptors (Lipinski definition) is 2. The molecule has 0 spiro atoms. The van der Waals surface area contributed by atoms with Crippen molar-refractivity contribution < 1.29 is 4.39 Å². The summed E-state index contributed by atoms with van der Waals surface area (Å²) in [5.74, 6) is 0. The van der Waals surface area contributed by atoms with Gasteiger partial charge in [-0.15, -0.1) is 0 Å². The van der Waals surface area contributed by atoms with Crippen molar-refractivity contribution in [2.24, 2.45) is 5.73 Å². The summed E-state index contributed by atoms with van der Waals surface area (Å²) in [5.41, 5.74) is 7.16. The summed E-state index contributed by atoms with van der Waals surface area (Å²) in [6.45, 7) is 5.06. The summed E-state index contributed by atoms with van der Waals surface area (Å²) in [6, 6.07) is 0. The largest absolute Gasteiger partial charge is 0.330 e. The van der Waals surface area contributed by atoms with Gasteiger partial charge in [-0.25, -0.2) is 4.39 Å². The van der Waals surface area contributed by atoms with Gasteiger partial charge in [0.2, 0.25) is 0 Å². The van der Waals surface area contributed by atoms with Gasteiger partial charge in [-0.1, -0.05) is 0 Å². The molecule has 1 rings (SSSR count). The maximum absolute atomic E-state index is 13.5. The number of halogens is 2. The van der Waals surface area contributed by atoms with Crippen LogP contribution in [-0.2, 0) is 13.0 Å². The summed E-state index contributed by atoms with van der Waals surface area (Å²) in [7, 11) is 0. The molecule has 5 heteroatoms. The van der Waals surface area contributed by atoms with Gasteiger partial charge >= 0.3 is 0 Å². The van der Waals surface area contributed by atoms with E-state index in [1.807, 2.05) is 18.5 Å². The van der Waals surface area contributed by atoms with Crippen molar-refractivity contribution in [1.82, 2.24) is 9.78 Å². The van der Waals surface area contributed by atoms with Crippen LogP contribution in [-0.4, -0.2) is 22.5 Å². The number of aromatic nitrogens is 2. The Kier molecular flexibility index (Phi) is 4.73. The second-order valence-corrected chi connectivity index (χ2v) is 4.33. The lowest BCUT2D eigenvalue weighted by Crippen LogP contribution is -2.15. The molecular weight excluding hydrogens is 261 g/mol. The highest BCUT2D eigenvalue weighted by atomic mass is 79.9. The van der Waals surface area contributed by atoms with Crippen LogP contribution >= 0.6 is 15.9 Å². The van der Waals surface area contributed by atoms with Crippen LogP contribution in [0.4, 0.5) is 4.39 Å². The van der Waals surface area contributed by atoms with E-state index in [4.69, 9.17) is 5.73 Å². The van der Waals surface area contributed by atoms with E-state index in [0.717, 1.165) is 22.4 Å². The maximum atomic E-state index is 13.5. The van der Waals surface area contributed by atoms with Gasteiger partial charge in [-0.05, 0) is 42.7 Å². The molecule has 0 saturated heterocycles. The lowest BCUT2D eigenvalue weighted by molar-refractivity contribution is 0.310. The van der Waals surface area contributed by atoms with E-state index >= 15 is 0 Å². The summed E-state index contributed by atoms with van der Waals surface area (Å²) in [6.07, 6.45) is -0.0972. The molecule has 3 nitrogen and oxygen atoms in total. The Morgan fingerprint density at radius 3 is 2.80 bits per heavy atom. The molecule has 0 aliphatic carbocycles. The summed E-state index contributed by atoms with van der Waals surface area (Å²) >= 11 is 3.44. The van der Waals surface area contributed by atoms with Crippen LogP contribution in [0.5, 0.6) is 0 Å². The highest BCUT2D eigenvalue weighted by Crippen LogP contribution is 2.23. The first-order valence-corrected chi connectivity index (χ1v) is 5.95. The van der Waals surface area contributed by atoms with Gasteiger partial charge in [0.15, 0.2) is 0 Å². The number of rotatable bonds is 5. The third-order valence-electron chi connectivity index (χ3n) is 2.35. The summed E-state index contributed by atoms with van der Waals surface area (Å²) in [4.78, 5) is 0. The average Bonchev–Trinajstić information content (AvgIpc) is 2.46. The summed E-state index contributed by atoms with van der Waals surface area (Å²) in [5, 5.41) is 4.31. The minimum atomic E-state index is -0.882. The Labute approximate surface area is 98.0 Å². The van der Waals surface area contributed by atoms with E-state index in [1.54, 1.807) is 0 Å². The molecule has 0 aliphatic heterocycles. The van der Waals surface area contributed by atoms with Crippen LogP contribution in [0.15, 0.2) is 4.47 Å². The average molecular weight is 278 g/mol. The molecule has 1 heterocycles. The van der Waals surface area contributed by atoms with Gasteiger partial charge in [0, 0.05) is 13.0 Å². The lowest BCUT2D eigenvalue weighted by atomic mass is 10.1. The molecule has 0 fully saturated rings. The van der Waals surface area contributed by atoms with Crippen LogP contribution in [0.3, 0.4) is 0 Å². The molecule has 1 unspecified atom stereocenters. The zero-order valence-corrected chi connectivity index (χ0v) is 10.7. The molecule has 0 aliphatic rings. The second-order valence-electron chi connectivity index (χ2n) is 3.54. The van der Waals surface area contributed by atoms with E-state index in [0.29, 0.717) is 19.4 Å². The van der Waals surface area contributed by atoms with Crippen LogP contribution in [0.25, 0.3) is 0 Å². The fourth-order valence-corrected chi connectivity index (χ4v) is 2.00. The molecule has 15 heavy (non-hydrogen) atoms. The molecule has 2 N–H and O–H groups in total. The van der Waals surface area contributed by atoms with Crippen LogP contribution < -0.4 is 5.73 Å². The third-order valence-corrected chi connectivity index (χ3v) is 3.38. The van der Waals surface area contributed by atoms with Gasteiger partial charge in [-0.3, -0.25) is 4.68 Å². The van der Waals surface area contributed by atoms with Gasteiger partial charge in [0.25, 0.3) is 0 Å². The zero-order chi connectivity index (χ0) is 11.4. The number of nitrogens with zero attached hydrogens (tertiary/aromatic N) is 2. The van der Waals surface area contributed by atoms with Crippen molar-refractivity contribution in [2.75, 3.05) is 6.54 Å². The number of alkyl halides is 1. The van der Waals surface area contributed by atoms with E-state index in [-0.39, 0.29) is 0 Å². The standard InChI is InChI=1S/C10H17BrFN3/c1-3-15-9(6-8(12)4-5-13)10(11)7(2)14-15/h8H,3-6,13H2,1-2H3. The third kappa shape index (κ3) is 3.01.